The first-order valence-corrected chi connectivity index (χ1v) is 6.87. The Morgan fingerprint density at radius 2 is 2.30 bits per heavy atom. The van der Waals surface area contributed by atoms with Crippen molar-refractivity contribution in [2.24, 2.45) is 0 Å². The van der Waals surface area contributed by atoms with Gasteiger partial charge < -0.3 is 14.2 Å². The van der Waals surface area contributed by atoms with Crippen LogP contribution in [0, 0.1) is 6.92 Å². The summed E-state index contributed by atoms with van der Waals surface area (Å²) in [6, 6.07) is -0.438. The van der Waals surface area contributed by atoms with Crippen LogP contribution in [0.25, 0.3) is 0 Å². The molecule has 7 nitrogen and oxygen atoms in total. The normalized spacial score (nSPS) is 18.3. The number of esters is 1. The summed E-state index contributed by atoms with van der Waals surface area (Å²) in [7, 11) is 0. The van der Waals surface area contributed by atoms with Gasteiger partial charge in [0.05, 0.1) is 6.61 Å². The topological polar surface area (TPSA) is 85.5 Å². The average molecular weight is 281 g/mol. The van der Waals surface area contributed by atoms with Gasteiger partial charge in [-0.25, -0.2) is 4.79 Å². The molecule has 0 aliphatic carbocycles. The molecule has 1 aromatic rings. The van der Waals surface area contributed by atoms with Crippen molar-refractivity contribution in [3.63, 3.8) is 0 Å². The molecule has 0 spiro atoms. The minimum absolute atomic E-state index is 0.0728. The van der Waals surface area contributed by atoms with Crippen LogP contribution in [0.2, 0.25) is 0 Å². The van der Waals surface area contributed by atoms with E-state index >= 15 is 0 Å². The first kappa shape index (κ1) is 14.5. The van der Waals surface area contributed by atoms with Crippen LogP contribution in [-0.4, -0.2) is 46.1 Å². The maximum Gasteiger partial charge on any atom is 0.328 e. The van der Waals surface area contributed by atoms with Gasteiger partial charge in [0.25, 0.3) is 0 Å². The molecule has 1 fully saturated rings. The fraction of sp³-hybridized carbons (Fsp3) is 0.692. The molecule has 0 bridgehead atoms. The van der Waals surface area contributed by atoms with E-state index in [2.05, 4.69) is 10.1 Å². The average Bonchev–Trinajstić information content (AvgIpc) is 3.05. The van der Waals surface area contributed by atoms with Crippen molar-refractivity contribution in [3.05, 3.63) is 11.7 Å². The van der Waals surface area contributed by atoms with Gasteiger partial charge in [0.15, 0.2) is 5.82 Å². The van der Waals surface area contributed by atoms with Crippen LogP contribution in [0.15, 0.2) is 4.52 Å². The highest BCUT2D eigenvalue weighted by molar-refractivity contribution is 5.85. The molecular formula is C13H19N3O4. The molecule has 2 heterocycles. The van der Waals surface area contributed by atoms with Gasteiger partial charge in [-0.2, -0.15) is 4.98 Å². The van der Waals surface area contributed by atoms with Crippen molar-refractivity contribution < 1.29 is 18.8 Å². The summed E-state index contributed by atoms with van der Waals surface area (Å²) in [5.74, 6) is 0.615. The van der Waals surface area contributed by atoms with E-state index in [9.17, 15) is 9.59 Å². The molecule has 1 saturated heterocycles. The number of aryl methyl sites for hydroxylation is 2. The molecule has 2 rings (SSSR count). The monoisotopic (exact) mass is 281 g/mol. The fourth-order valence-corrected chi connectivity index (χ4v) is 2.35. The Morgan fingerprint density at radius 1 is 1.50 bits per heavy atom. The Kier molecular flexibility index (Phi) is 4.70. The molecule has 1 aliphatic rings. The van der Waals surface area contributed by atoms with E-state index in [4.69, 9.17) is 9.26 Å². The maximum absolute atomic E-state index is 12.2. The number of hydrogen-bond donors (Lipinski definition) is 0. The third-order valence-electron chi connectivity index (χ3n) is 3.25. The second kappa shape index (κ2) is 6.49. The van der Waals surface area contributed by atoms with Crippen molar-refractivity contribution in [1.29, 1.82) is 0 Å². The largest absolute Gasteiger partial charge is 0.464 e. The van der Waals surface area contributed by atoms with Crippen molar-refractivity contribution in [2.45, 2.75) is 45.6 Å². The predicted octanol–water partition coefficient (Wildman–Crippen LogP) is 0.865. The van der Waals surface area contributed by atoms with Gasteiger partial charge in [-0.05, 0) is 26.7 Å². The number of aromatic nitrogens is 2. The summed E-state index contributed by atoms with van der Waals surface area (Å²) in [4.78, 5) is 29.6. The highest BCUT2D eigenvalue weighted by atomic mass is 16.5. The Labute approximate surface area is 117 Å². The zero-order chi connectivity index (χ0) is 14.5. The van der Waals surface area contributed by atoms with Gasteiger partial charge in [-0.3, -0.25) is 4.79 Å². The summed E-state index contributed by atoms with van der Waals surface area (Å²) in [6.07, 6.45) is 2.16. The summed E-state index contributed by atoms with van der Waals surface area (Å²) in [5.41, 5.74) is 0. The van der Waals surface area contributed by atoms with Gasteiger partial charge >= 0.3 is 5.97 Å². The zero-order valence-electron chi connectivity index (χ0n) is 11.8. The number of rotatable bonds is 5. The molecule has 7 heteroatoms. The molecular weight excluding hydrogens is 262 g/mol. The smallest absolute Gasteiger partial charge is 0.328 e. The highest BCUT2D eigenvalue weighted by Gasteiger charge is 2.34. The summed E-state index contributed by atoms with van der Waals surface area (Å²) < 4.78 is 9.97. The number of ether oxygens (including phenoxy) is 1. The molecule has 0 radical (unpaired) electrons. The minimum Gasteiger partial charge on any atom is -0.464 e. The Balaban J connectivity index is 1.89. The number of carbonyl (C=O) groups is 2. The van der Waals surface area contributed by atoms with E-state index in [-0.39, 0.29) is 18.3 Å². The molecule has 20 heavy (non-hydrogen) atoms. The lowest BCUT2D eigenvalue weighted by Gasteiger charge is -2.22. The van der Waals surface area contributed by atoms with Crippen LogP contribution >= 0.6 is 0 Å². The van der Waals surface area contributed by atoms with Crippen LogP contribution in [0.4, 0.5) is 0 Å². The van der Waals surface area contributed by atoms with E-state index in [1.54, 1.807) is 18.7 Å². The quantitative estimate of drug-likeness (QED) is 0.744. The standard InChI is InChI=1S/C13H19N3O4/c1-3-19-13(18)10-5-4-8-16(10)12(17)7-6-11-14-9(2)15-20-11/h10H,3-8H2,1-2H3. The van der Waals surface area contributed by atoms with Crippen molar-refractivity contribution in [1.82, 2.24) is 15.0 Å². The number of nitrogens with zero attached hydrogens (tertiary/aromatic N) is 3. The molecule has 0 aromatic carbocycles. The second-order valence-electron chi connectivity index (χ2n) is 4.73. The first-order valence-electron chi connectivity index (χ1n) is 6.87. The van der Waals surface area contributed by atoms with Crippen LogP contribution in [-0.2, 0) is 20.7 Å². The van der Waals surface area contributed by atoms with Gasteiger partial charge in [0.1, 0.15) is 6.04 Å². The van der Waals surface area contributed by atoms with Crippen LogP contribution in [0.5, 0.6) is 0 Å². The van der Waals surface area contributed by atoms with E-state index in [1.165, 1.54) is 0 Å². The summed E-state index contributed by atoms with van der Waals surface area (Å²) >= 11 is 0. The lowest BCUT2D eigenvalue weighted by atomic mass is 10.2. The Bertz CT molecular complexity index is 486. The summed E-state index contributed by atoms with van der Waals surface area (Å²) in [6.45, 7) is 4.42. The zero-order valence-corrected chi connectivity index (χ0v) is 11.8. The summed E-state index contributed by atoms with van der Waals surface area (Å²) in [5, 5.41) is 3.67. The third kappa shape index (κ3) is 3.34. The molecule has 1 unspecified atom stereocenters. The van der Waals surface area contributed by atoms with Crippen molar-refractivity contribution in [2.75, 3.05) is 13.2 Å². The maximum atomic E-state index is 12.2. The number of carbonyl (C=O) groups excluding carboxylic acids is 2. The second-order valence-corrected chi connectivity index (χ2v) is 4.73. The van der Waals surface area contributed by atoms with E-state index in [0.29, 0.717) is 37.7 Å². The molecule has 110 valence electrons. The van der Waals surface area contributed by atoms with Crippen LogP contribution in [0.1, 0.15) is 37.9 Å². The molecule has 1 atom stereocenters. The highest BCUT2D eigenvalue weighted by Crippen LogP contribution is 2.20. The van der Waals surface area contributed by atoms with Crippen LogP contribution in [0.3, 0.4) is 0 Å². The van der Waals surface area contributed by atoms with Gasteiger partial charge in [0, 0.05) is 19.4 Å². The molecule has 0 saturated carbocycles. The van der Waals surface area contributed by atoms with Crippen molar-refractivity contribution in [3.8, 4) is 0 Å². The predicted molar refractivity (Wildman–Crippen MR) is 68.7 cm³/mol. The van der Waals surface area contributed by atoms with Gasteiger partial charge in [-0.1, -0.05) is 5.16 Å². The molecule has 1 amide bonds. The number of likely N-dealkylation sites (tertiary alicyclic amines) is 1. The SMILES string of the molecule is CCOC(=O)C1CCCN1C(=O)CCc1nc(C)no1. The van der Waals surface area contributed by atoms with E-state index in [0.717, 1.165) is 6.42 Å². The molecule has 0 N–H and O–H groups in total. The van der Waals surface area contributed by atoms with E-state index < -0.39 is 6.04 Å². The Hall–Kier alpha value is -1.92. The minimum atomic E-state index is -0.438. The third-order valence-corrected chi connectivity index (χ3v) is 3.25. The van der Waals surface area contributed by atoms with Gasteiger partial charge in [0.2, 0.25) is 11.8 Å². The molecule has 1 aliphatic heterocycles. The fourth-order valence-electron chi connectivity index (χ4n) is 2.35. The lowest BCUT2D eigenvalue weighted by Crippen LogP contribution is -2.41. The Morgan fingerprint density at radius 3 is 2.95 bits per heavy atom. The van der Waals surface area contributed by atoms with Crippen molar-refractivity contribution >= 4 is 11.9 Å². The van der Waals surface area contributed by atoms with Crippen LogP contribution < -0.4 is 0 Å². The van der Waals surface area contributed by atoms with E-state index in [1.807, 2.05) is 0 Å². The number of hydrogen-bond acceptors (Lipinski definition) is 6. The van der Waals surface area contributed by atoms with Gasteiger partial charge in [-0.15, -0.1) is 0 Å². The number of amides is 1. The molecule has 1 aromatic heterocycles. The lowest BCUT2D eigenvalue weighted by molar-refractivity contribution is -0.153. The first-order chi connectivity index (χ1) is 9.61.